The molecule has 0 unspecified atom stereocenters. The molecule has 0 aromatic heterocycles. The Balaban J connectivity index is 1.94. The lowest BCUT2D eigenvalue weighted by Gasteiger charge is -2.31. The zero-order valence-corrected chi connectivity index (χ0v) is 11.6. The molecule has 0 aliphatic heterocycles. The molecule has 1 amide bonds. The van der Waals surface area contributed by atoms with Crippen LogP contribution in [0.2, 0.25) is 5.02 Å². The predicted octanol–water partition coefficient (Wildman–Crippen LogP) is 3.67. The molecule has 98 valence electrons. The molecule has 0 N–H and O–H groups in total. The number of halogens is 1. The van der Waals surface area contributed by atoms with Crippen LogP contribution in [-0.4, -0.2) is 23.9 Å². The van der Waals surface area contributed by atoms with Gasteiger partial charge in [-0.25, -0.2) is 0 Å². The molecule has 1 saturated carbocycles. The molecule has 1 fully saturated rings. The van der Waals surface area contributed by atoms with Crippen molar-refractivity contribution in [2.45, 2.75) is 44.6 Å². The van der Waals surface area contributed by atoms with Crippen LogP contribution < -0.4 is 0 Å². The topological polar surface area (TPSA) is 20.3 Å². The van der Waals surface area contributed by atoms with Gasteiger partial charge in [0.1, 0.15) is 0 Å². The summed E-state index contributed by atoms with van der Waals surface area (Å²) in [6.45, 7) is 0. The van der Waals surface area contributed by atoms with Gasteiger partial charge in [-0.2, -0.15) is 0 Å². The Bertz CT molecular complexity index is 413. The number of hydrogen-bond donors (Lipinski definition) is 0. The van der Waals surface area contributed by atoms with Crippen molar-refractivity contribution in [1.29, 1.82) is 0 Å². The van der Waals surface area contributed by atoms with E-state index in [9.17, 15) is 4.79 Å². The van der Waals surface area contributed by atoms with Crippen LogP contribution in [0.15, 0.2) is 24.3 Å². The molecule has 18 heavy (non-hydrogen) atoms. The molecule has 0 bridgehead atoms. The quantitative estimate of drug-likeness (QED) is 0.817. The molecule has 1 aliphatic carbocycles. The summed E-state index contributed by atoms with van der Waals surface area (Å²) in [6, 6.07) is 7.99. The molecular weight excluding hydrogens is 246 g/mol. The van der Waals surface area contributed by atoms with E-state index in [0.29, 0.717) is 17.5 Å². The molecule has 1 aromatic carbocycles. The summed E-state index contributed by atoms with van der Waals surface area (Å²) < 4.78 is 0. The second kappa shape index (κ2) is 6.24. The number of rotatable bonds is 3. The van der Waals surface area contributed by atoms with E-state index in [2.05, 4.69) is 0 Å². The number of carbonyl (C=O) groups excluding carboxylic acids is 1. The van der Waals surface area contributed by atoms with Crippen molar-refractivity contribution < 1.29 is 4.79 Å². The Morgan fingerprint density at radius 2 is 2.06 bits per heavy atom. The Hall–Kier alpha value is -1.02. The summed E-state index contributed by atoms with van der Waals surface area (Å²) in [4.78, 5) is 14.1. The summed E-state index contributed by atoms with van der Waals surface area (Å²) >= 11 is 5.93. The van der Waals surface area contributed by atoms with Crippen molar-refractivity contribution in [2.24, 2.45) is 0 Å². The standard InChI is InChI=1S/C15H20ClNO/c1-17(14-8-3-2-4-9-14)15(18)11-12-6-5-7-13(16)10-12/h5-7,10,14H,2-4,8-9,11H2,1H3. The number of amides is 1. The highest BCUT2D eigenvalue weighted by molar-refractivity contribution is 6.30. The number of hydrogen-bond acceptors (Lipinski definition) is 1. The second-order valence-electron chi connectivity index (χ2n) is 5.10. The third-order valence-corrected chi connectivity index (χ3v) is 4.00. The third-order valence-electron chi connectivity index (χ3n) is 3.76. The first-order chi connectivity index (χ1) is 8.66. The van der Waals surface area contributed by atoms with Gasteiger partial charge in [0.05, 0.1) is 6.42 Å². The van der Waals surface area contributed by atoms with Crippen LogP contribution in [0.1, 0.15) is 37.7 Å². The molecular formula is C15H20ClNO. The van der Waals surface area contributed by atoms with Crippen molar-refractivity contribution >= 4 is 17.5 Å². The molecule has 1 aromatic rings. The number of nitrogens with zero attached hydrogens (tertiary/aromatic N) is 1. The van der Waals surface area contributed by atoms with E-state index < -0.39 is 0 Å². The fourth-order valence-corrected chi connectivity index (χ4v) is 2.83. The maximum Gasteiger partial charge on any atom is 0.226 e. The number of benzene rings is 1. The van der Waals surface area contributed by atoms with Gasteiger partial charge in [0.25, 0.3) is 0 Å². The van der Waals surface area contributed by atoms with Crippen molar-refractivity contribution in [3.05, 3.63) is 34.9 Å². The van der Waals surface area contributed by atoms with E-state index in [1.807, 2.05) is 36.2 Å². The number of carbonyl (C=O) groups is 1. The SMILES string of the molecule is CN(C(=O)Cc1cccc(Cl)c1)C1CCCCC1. The zero-order chi connectivity index (χ0) is 13.0. The molecule has 1 aliphatic rings. The monoisotopic (exact) mass is 265 g/mol. The van der Waals surface area contributed by atoms with Gasteiger partial charge in [-0.15, -0.1) is 0 Å². The average molecular weight is 266 g/mol. The first-order valence-corrected chi connectivity index (χ1v) is 7.05. The molecule has 0 heterocycles. The van der Waals surface area contributed by atoms with Crippen molar-refractivity contribution in [3.63, 3.8) is 0 Å². The highest BCUT2D eigenvalue weighted by Gasteiger charge is 2.21. The normalized spacial score (nSPS) is 16.6. The first-order valence-electron chi connectivity index (χ1n) is 6.67. The Labute approximate surface area is 114 Å². The van der Waals surface area contributed by atoms with Crippen LogP contribution in [0.3, 0.4) is 0 Å². The largest absolute Gasteiger partial charge is 0.342 e. The van der Waals surface area contributed by atoms with Crippen LogP contribution in [-0.2, 0) is 11.2 Å². The maximum atomic E-state index is 12.2. The smallest absolute Gasteiger partial charge is 0.226 e. The fraction of sp³-hybridized carbons (Fsp3) is 0.533. The van der Waals surface area contributed by atoms with Gasteiger partial charge in [0, 0.05) is 18.1 Å². The van der Waals surface area contributed by atoms with Gasteiger partial charge in [-0.1, -0.05) is 43.0 Å². The van der Waals surface area contributed by atoms with E-state index in [0.717, 1.165) is 18.4 Å². The Morgan fingerprint density at radius 3 is 2.72 bits per heavy atom. The summed E-state index contributed by atoms with van der Waals surface area (Å²) in [6.07, 6.45) is 6.56. The van der Waals surface area contributed by atoms with Crippen molar-refractivity contribution in [2.75, 3.05) is 7.05 Å². The van der Waals surface area contributed by atoms with Gasteiger partial charge < -0.3 is 4.90 Å². The fourth-order valence-electron chi connectivity index (χ4n) is 2.62. The second-order valence-corrected chi connectivity index (χ2v) is 5.54. The van der Waals surface area contributed by atoms with Crippen LogP contribution in [0.4, 0.5) is 0 Å². The predicted molar refractivity (Wildman–Crippen MR) is 74.8 cm³/mol. The minimum atomic E-state index is 0.198. The van der Waals surface area contributed by atoms with Crippen molar-refractivity contribution in [3.8, 4) is 0 Å². The van der Waals surface area contributed by atoms with E-state index in [1.54, 1.807) is 0 Å². The van der Waals surface area contributed by atoms with Crippen molar-refractivity contribution in [1.82, 2.24) is 4.90 Å². The van der Waals surface area contributed by atoms with E-state index in [1.165, 1.54) is 19.3 Å². The molecule has 0 spiro atoms. The average Bonchev–Trinajstić information content (AvgIpc) is 2.39. The lowest BCUT2D eigenvalue weighted by molar-refractivity contribution is -0.131. The van der Waals surface area contributed by atoms with Crippen LogP contribution in [0.25, 0.3) is 0 Å². The van der Waals surface area contributed by atoms with Crippen LogP contribution in [0.5, 0.6) is 0 Å². The van der Waals surface area contributed by atoms with Gasteiger partial charge in [0.2, 0.25) is 5.91 Å². The molecule has 0 saturated heterocycles. The van der Waals surface area contributed by atoms with E-state index in [-0.39, 0.29) is 5.91 Å². The molecule has 2 rings (SSSR count). The summed E-state index contributed by atoms with van der Waals surface area (Å²) in [5, 5.41) is 0.695. The highest BCUT2D eigenvalue weighted by Crippen LogP contribution is 2.22. The van der Waals surface area contributed by atoms with E-state index in [4.69, 9.17) is 11.6 Å². The minimum Gasteiger partial charge on any atom is -0.342 e. The third kappa shape index (κ3) is 3.49. The molecule has 2 nitrogen and oxygen atoms in total. The highest BCUT2D eigenvalue weighted by atomic mass is 35.5. The summed E-state index contributed by atoms with van der Waals surface area (Å²) in [7, 11) is 1.93. The van der Waals surface area contributed by atoms with Gasteiger partial charge >= 0.3 is 0 Å². The Morgan fingerprint density at radius 1 is 1.33 bits per heavy atom. The van der Waals surface area contributed by atoms with Gasteiger partial charge in [-0.3, -0.25) is 4.79 Å². The van der Waals surface area contributed by atoms with Crippen LogP contribution in [0, 0.1) is 0 Å². The van der Waals surface area contributed by atoms with Gasteiger partial charge in [0.15, 0.2) is 0 Å². The first kappa shape index (κ1) is 13.4. The zero-order valence-electron chi connectivity index (χ0n) is 10.9. The van der Waals surface area contributed by atoms with Gasteiger partial charge in [-0.05, 0) is 30.5 Å². The summed E-state index contributed by atoms with van der Waals surface area (Å²) in [5.74, 6) is 0.198. The van der Waals surface area contributed by atoms with E-state index >= 15 is 0 Å². The minimum absolute atomic E-state index is 0.198. The molecule has 0 atom stereocenters. The Kier molecular flexibility index (Phi) is 4.65. The summed E-state index contributed by atoms with van der Waals surface area (Å²) in [5.41, 5.74) is 0.996. The lowest BCUT2D eigenvalue weighted by atomic mass is 9.94. The lowest BCUT2D eigenvalue weighted by Crippen LogP contribution is -2.39. The number of likely N-dealkylation sites (N-methyl/N-ethyl adjacent to an activating group) is 1. The molecule has 3 heteroatoms. The van der Waals surface area contributed by atoms with Crippen LogP contribution >= 0.6 is 11.6 Å². The maximum absolute atomic E-state index is 12.2. The molecule has 0 radical (unpaired) electrons.